The van der Waals surface area contributed by atoms with Gasteiger partial charge in [0.05, 0.1) is 12.8 Å². The molecule has 3 heteroatoms. The van der Waals surface area contributed by atoms with E-state index in [0.29, 0.717) is 0 Å². The van der Waals surface area contributed by atoms with Gasteiger partial charge in [0, 0.05) is 24.2 Å². The van der Waals surface area contributed by atoms with Crippen molar-refractivity contribution in [3.63, 3.8) is 0 Å². The van der Waals surface area contributed by atoms with Crippen LogP contribution in [-0.2, 0) is 13.1 Å². The monoisotopic (exact) mass is 264 g/mol. The first-order chi connectivity index (χ1) is 8.94. The maximum Gasteiger partial charge on any atom is 0.122 e. The van der Waals surface area contributed by atoms with Crippen molar-refractivity contribution >= 4 is 0 Å². The fourth-order valence-corrected chi connectivity index (χ4v) is 2.66. The van der Waals surface area contributed by atoms with Crippen LogP contribution in [0.4, 0.5) is 0 Å². The highest BCUT2D eigenvalue weighted by Crippen LogP contribution is 2.20. The van der Waals surface area contributed by atoms with Gasteiger partial charge in [-0.3, -0.25) is 4.90 Å². The lowest BCUT2D eigenvalue weighted by Crippen LogP contribution is -2.36. The summed E-state index contributed by atoms with van der Waals surface area (Å²) < 4.78 is 5.69. The van der Waals surface area contributed by atoms with Gasteiger partial charge >= 0.3 is 0 Å². The summed E-state index contributed by atoms with van der Waals surface area (Å²) >= 11 is 0. The maximum absolute atomic E-state index is 5.69. The first-order valence-electron chi connectivity index (χ1n) is 7.47. The van der Waals surface area contributed by atoms with E-state index in [2.05, 4.69) is 44.0 Å². The van der Waals surface area contributed by atoms with Crippen molar-refractivity contribution in [3.8, 4) is 0 Å². The number of nitrogens with zero attached hydrogens (tertiary/aromatic N) is 1. The molecule has 1 unspecified atom stereocenters. The number of hydrogen-bond donors (Lipinski definition) is 1. The SMILES string of the molecule is CC1CCCN(Cc2occc2CNC(C)(C)C)C1. The first-order valence-corrected chi connectivity index (χ1v) is 7.47. The molecular weight excluding hydrogens is 236 g/mol. The van der Waals surface area contributed by atoms with Crippen molar-refractivity contribution in [2.24, 2.45) is 5.92 Å². The Morgan fingerprint density at radius 2 is 2.21 bits per heavy atom. The summed E-state index contributed by atoms with van der Waals surface area (Å²) in [5.74, 6) is 1.95. The molecule has 1 fully saturated rings. The molecule has 0 aliphatic carbocycles. The highest BCUT2D eigenvalue weighted by molar-refractivity contribution is 5.17. The third-order valence-corrected chi connectivity index (χ3v) is 3.76. The molecule has 0 saturated carbocycles. The molecule has 108 valence electrons. The Morgan fingerprint density at radius 3 is 2.89 bits per heavy atom. The average Bonchev–Trinajstić information content (AvgIpc) is 2.73. The predicted molar refractivity (Wildman–Crippen MR) is 79.0 cm³/mol. The number of furan rings is 1. The van der Waals surface area contributed by atoms with Crippen molar-refractivity contribution < 1.29 is 4.42 Å². The predicted octanol–water partition coefficient (Wildman–Crippen LogP) is 3.40. The molecule has 1 atom stereocenters. The molecular formula is C16H28N2O. The molecule has 0 radical (unpaired) electrons. The van der Waals surface area contributed by atoms with Crippen LogP contribution >= 0.6 is 0 Å². The van der Waals surface area contributed by atoms with Gasteiger partial charge < -0.3 is 9.73 Å². The molecule has 1 aromatic rings. The van der Waals surface area contributed by atoms with Crippen LogP contribution in [0.5, 0.6) is 0 Å². The van der Waals surface area contributed by atoms with Gasteiger partial charge in [0.25, 0.3) is 0 Å². The number of likely N-dealkylation sites (tertiary alicyclic amines) is 1. The van der Waals surface area contributed by atoms with Gasteiger partial charge in [0.1, 0.15) is 5.76 Å². The largest absolute Gasteiger partial charge is 0.468 e. The molecule has 0 spiro atoms. The molecule has 0 aromatic carbocycles. The molecule has 1 aromatic heterocycles. The summed E-state index contributed by atoms with van der Waals surface area (Å²) in [7, 11) is 0. The molecule has 0 bridgehead atoms. The van der Waals surface area contributed by atoms with Crippen LogP contribution in [-0.4, -0.2) is 23.5 Å². The van der Waals surface area contributed by atoms with Crippen LogP contribution in [0.1, 0.15) is 51.9 Å². The van der Waals surface area contributed by atoms with E-state index in [1.54, 1.807) is 0 Å². The van der Waals surface area contributed by atoms with Crippen molar-refractivity contribution in [1.82, 2.24) is 10.2 Å². The Bertz CT molecular complexity index is 392. The Labute approximate surface area is 117 Å². The number of hydrogen-bond acceptors (Lipinski definition) is 3. The van der Waals surface area contributed by atoms with Gasteiger partial charge in [-0.05, 0) is 52.1 Å². The molecule has 1 N–H and O–H groups in total. The summed E-state index contributed by atoms with van der Waals surface area (Å²) in [5.41, 5.74) is 1.45. The molecule has 1 aliphatic rings. The van der Waals surface area contributed by atoms with Gasteiger partial charge in [0.15, 0.2) is 0 Å². The zero-order valence-corrected chi connectivity index (χ0v) is 12.8. The minimum Gasteiger partial charge on any atom is -0.468 e. The summed E-state index contributed by atoms with van der Waals surface area (Å²) in [6, 6.07) is 2.10. The third kappa shape index (κ3) is 4.66. The Hall–Kier alpha value is -0.800. The van der Waals surface area contributed by atoms with Gasteiger partial charge in [-0.25, -0.2) is 0 Å². The van der Waals surface area contributed by atoms with Crippen LogP contribution in [0, 0.1) is 5.92 Å². The summed E-state index contributed by atoms with van der Waals surface area (Å²) in [6.07, 6.45) is 4.51. The van der Waals surface area contributed by atoms with E-state index in [1.165, 1.54) is 31.5 Å². The highest BCUT2D eigenvalue weighted by atomic mass is 16.3. The highest BCUT2D eigenvalue weighted by Gasteiger charge is 2.19. The maximum atomic E-state index is 5.69. The van der Waals surface area contributed by atoms with E-state index in [-0.39, 0.29) is 5.54 Å². The molecule has 2 rings (SSSR count). The summed E-state index contributed by atoms with van der Waals surface area (Å²) in [5, 5.41) is 3.53. The first kappa shape index (κ1) is 14.6. The smallest absolute Gasteiger partial charge is 0.122 e. The fourth-order valence-electron chi connectivity index (χ4n) is 2.66. The second-order valence-electron chi connectivity index (χ2n) is 6.96. The van der Waals surface area contributed by atoms with E-state index >= 15 is 0 Å². The second-order valence-corrected chi connectivity index (χ2v) is 6.96. The zero-order valence-electron chi connectivity index (χ0n) is 12.8. The van der Waals surface area contributed by atoms with Gasteiger partial charge in [-0.15, -0.1) is 0 Å². The summed E-state index contributed by atoms with van der Waals surface area (Å²) in [6.45, 7) is 13.2. The Morgan fingerprint density at radius 1 is 1.42 bits per heavy atom. The van der Waals surface area contributed by atoms with Crippen molar-refractivity contribution in [2.75, 3.05) is 13.1 Å². The quantitative estimate of drug-likeness (QED) is 0.903. The topological polar surface area (TPSA) is 28.4 Å². The lowest BCUT2D eigenvalue weighted by atomic mass is 10.00. The Kier molecular flexibility index (Phi) is 4.69. The van der Waals surface area contributed by atoms with E-state index in [0.717, 1.165) is 24.8 Å². The second kappa shape index (κ2) is 6.10. The Balaban J connectivity index is 1.91. The van der Waals surface area contributed by atoms with Crippen molar-refractivity contribution in [2.45, 2.75) is 59.2 Å². The van der Waals surface area contributed by atoms with E-state index in [1.807, 2.05) is 6.26 Å². The molecule has 0 amide bonds. The standard InChI is InChI=1S/C16H28N2O/c1-13-6-5-8-18(11-13)12-15-14(7-9-19-15)10-17-16(2,3)4/h7,9,13,17H,5-6,8,10-12H2,1-4H3. The van der Waals surface area contributed by atoms with Crippen LogP contribution in [0.25, 0.3) is 0 Å². The van der Waals surface area contributed by atoms with Crippen LogP contribution in [0.2, 0.25) is 0 Å². The molecule has 2 heterocycles. The van der Waals surface area contributed by atoms with E-state index in [9.17, 15) is 0 Å². The third-order valence-electron chi connectivity index (χ3n) is 3.76. The fraction of sp³-hybridized carbons (Fsp3) is 0.750. The lowest BCUT2D eigenvalue weighted by molar-refractivity contribution is 0.164. The molecule has 19 heavy (non-hydrogen) atoms. The average molecular weight is 264 g/mol. The zero-order chi connectivity index (χ0) is 13.9. The normalized spacial score (nSPS) is 21.8. The van der Waals surface area contributed by atoms with Crippen LogP contribution in [0.15, 0.2) is 16.7 Å². The van der Waals surface area contributed by atoms with Gasteiger partial charge in [-0.1, -0.05) is 6.92 Å². The number of piperidine rings is 1. The minimum absolute atomic E-state index is 0.147. The number of nitrogens with one attached hydrogen (secondary N) is 1. The van der Waals surface area contributed by atoms with Crippen molar-refractivity contribution in [3.05, 3.63) is 23.7 Å². The number of rotatable bonds is 4. The minimum atomic E-state index is 0.147. The molecule has 1 saturated heterocycles. The van der Waals surface area contributed by atoms with Crippen molar-refractivity contribution in [1.29, 1.82) is 0 Å². The molecule has 1 aliphatic heterocycles. The lowest BCUT2D eigenvalue weighted by Gasteiger charge is -2.30. The van der Waals surface area contributed by atoms with Gasteiger partial charge in [0.2, 0.25) is 0 Å². The van der Waals surface area contributed by atoms with E-state index < -0.39 is 0 Å². The van der Waals surface area contributed by atoms with E-state index in [4.69, 9.17) is 4.42 Å². The van der Waals surface area contributed by atoms with Gasteiger partial charge in [-0.2, -0.15) is 0 Å². The van der Waals surface area contributed by atoms with Crippen LogP contribution in [0.3, 0.4) is 0 Å². The molecule has 3 nitrogen and oxygen atoms in total. The van der Waals surface area contributed by atoms with Crippen LogP contribution < -0.4 is 5.32 Å². The summed E-state index contributed by atoms with van der Waals surface area (Å²) in [4.78, 5) is 2.52.